The minimum atomic E-state index is 0.129. The summed E-state index contributed by atoms with van der Waals surface area (Å²) in [4.78, 5) is 12.4. The maximum Gasteiger partial charge on any atom is 0.232 e. The fourth-order valence-electron chi connectivity index (χ4n) is 4.89. The van der Waals surface area contributed by atoms with Gasteiger partial charge in [-0.1, -0.05) is 24.1 Å². The van der Waals surface area contributed by atoms with Crippen molar-refractivity contribution in [3.8, 4) is 0 Å². The van der Waals surface area contributed by atoms with Crippen molar-refractivity contribution >= 4 is 11.6 Å². The van der Waals surface area contributed by atoms with E-state index in [4.69, 9.17) is 0 Å². The molecule has 2 bridgehead atoms. The molecule has 2 fully saturated rings. The molecule has 2 saturated carbocycles. The molecule has 100 valence electrons. The van der Waals surface area contributed by atoms with E-state index in [-0.39, 0.29) is 11.8 Å². The molecule has 4 rings (SSSR count). The highest BCUT2D eigenvalue weighted by molar-refractivity contribution is 6.04. The minimum absolute atomic E-state index is 0.129. The third-order valence-corrected chi connectivity index (χ3v) is 5.60. The van der Waals surface area contributed by atoms with Gasteiger partial charge >= 0.3 is 0 Å². The van der Waals surface area contributed by atoms with Crippen molar-refractivity contribution in [2.75, 3.05) is 5.32 Å². The largest absolute Gasteiger partial charge is 0.325 e. The summed E-state index contributed by atoms with van der Waals surface area (Å²) in [6.07, 6.45) is 5.39. The predicted octanol–water partition coefficient (Wildman–Crippen LogP) is 3.78. The molecular weight excluding hydrogens is 234 g/mol. The first kappa shape index (κ1) is 11.5. The van der Waals surface area contributed by atoms with E-state index in [1.807, 2.05) is 0 Å². The Balaban J connectivity index is 1.77. The summed E-state index contributed by atoms with van der Waals surface area (Å²) in [5.74, 6) is 2.68. The number of anilines is 1. The van der Waals surface area contributed by atoms with Gasteiger partial charge in [0.25, 0.3) is 0 Å². The zero-order valence-corrected chi connectivity index (χ0v) is 11.7. The molecule has 3 aliphatic rings. The van der Waals surface area contributed by atoms with Gasteiger partial charge in [0.15, 0.2) is 0 Å². The van der Waals surface area contributed by atoms with Gasteiger partial charge in [-0.15, -0.1) is 0 Å². The highest BCUT2D eigenvalue weighted by atomic mass is 16.2. The van der Waals surface area contributed by atoms with E-state index in [2.05, 4.69) is 31.3 Å². The Morgan fingerprint density at radius 1 is 1.16 bits per heavy atom. The van der Waals surface area contributed by atoms with Crippen LogP contribution in [0.5, 0.6) is 0 Å². The van der Waals surface area contributed by atoms with Crippen molar-refractivity contribution in [2.45, 2.75) is 45.4 Å². The number of hydrogen-bond acceptors (Lipinski definition) is 1. The third kappa shape index (κ3) is 1.58. The normalized spacial score (nSPS) is 35.6. The van der Waals surface area contributed by atoms with Gasteiger partial charge in [0, 0.05) is 5.69 Å². The molecular formula is C17H21NO. The lowest BCUT2D eigenvalue weighted by molar-refractivity contribution is -0.118. The van der Waals surface area contributed by atoms with Crippen molar-refractivity contribution in [2.24, 2.45) is 17.8 Å². The molecule has 2 aliphatic carbocycles. The van der Waals surface area contributed by atoms with E-state index in [0.717, 1.165) is 17.5 Å². The molecule has 1 aromatic rings. The van der Waals surface area contributed by atoms with Crippen LogP contribution < -0.4 is 5.32 Å². The number of amides is 1. The topological polar surface area (TPSA) is 29.1 Å². The van der Waals surface area contributed by atoms with E-state index < -0.39 is 0 Å². The smallest absolute Gasteiger partial charge is 0.232 e. The van der Waals surface area contributed by atoms with Gasteiger partial charge in [-0.3, -0.25) is 4.79 Å². The molecule has 4 atom stereocenters. The van der Waals surface area contributed by atoms with Crippen LogP contribution in [-0.2, 0) is 4.79 Å². The first-order valence-corrected chi connectivity index (χ1v) is 7.55. The fourth-order valence-corrected chi connectivity index (χ4v) is 4.89. The second kappa shape index (κ2) is 3.84. The summed E-state index contributed by atoms with van der Waals surface area (Å²) in [5, 5.41) is 3.14. The Morgan fingerprint density at radius 3 is 2.68 bits per heavy atom. The Hall–Kier alpha value is -1.31. The van der Waals surface area contributed by atoms with Crippen LogP contribution in [0.25, 0.3) is 0 Å². The summed E-state index contributed by atoms with van der Waals surface area (Å²) in [6, 6.07) is 4.40. The number of carbonyl (C=O) groups is 1. The lowest BCUT2D eigenvalue weighted by atomic mass is 9.76. The van der Waals surface area contributed by atoms with Gasteiger partial charge in [-0.2, -0.15) is 0 Å². The lowest BCUT2D eigenvalue weighted by Gasteiger charge is -2.26. The van der Waals surface area contributed by atoms with Crippen molar-refractivity contribution in [3.63, 3.8) is 0 Å². The highest BCUT2D eigenvalue weighted by Gasteiger charge is 2.48. The quantitative estimate of drug-likeness (QED) is 0.813. The van der Waals surface area contributed by atoms with E-state index in [1.54, 1.807) is 0 Å². The monoisotopic (exact) mass is 255 g/mol. The van der Waals surface area contributed by atoms with Crippen LogP contribution in [0.15, 0.2) is 12.1 Å². The maximum atomic E-state index is 12.4. The molecule has 2 nitrogen and oxygen atoms in total. The number of aryl methyl sites for hydroxylation is 2. The van der Waals surface area contributed by atoms with E-state index in [0.29, 0.717) is 5.92 Å². The van der Waals surface area contributed by atoms with Crippen LogP contribution in [0.2, 0.25) is 0 Å². The summed E-state index contributed by atoms with van der Waals surface area (Å²) in [6.45, 7) is 4.24. The molecule has 2 heteroatoms. The molecule has 1 heterocycles. The van der Waals surface area contributed by atoms with Gasteiger partial charge in [0.1, 0.15) is 0 Å². The molecule has 0 spiro atoms. The SMILES string of the molecule is Cc1cc(C)c2c(c1)C(C1CC3CCC1C3)C(=O)N2. The Kier molecular flexibility index (Phi) is 2.33. The van der Waals surface area contributed by atoms with Gasteiger partial charge in [0.05, 0.1) is 5.92 Å². The number of hydrogen-bond donors (Lipinski definition) is 1. The van der Waals surface area contributed by atoms with Crippen LogP contribution in [-0.4, -0.2) is 5.91 Å². The van der Waals surface area contributed by atoms with Crippen LogP contribution in [0.3, 0.4) is 0 Å². The summed E-state index contributed by atoms with van der Waals surface area (Å²) < 4.78 is 0. The number of carbonyl (C=O) groups excluding carboxylic acids is 1. The Labute approximate surface area is 114 Å². The average molecular weight is 255 g/mol. The van der Waals surface area contributed by atoms with Crippen LogP contribution in [0.4, 0.5) is 5.69 Å². The van der Waals surface area contributed by atoms with Crippen molar-refractivity contribution < 1.29 is 4.79 Å². The lowest BCUT2D eigenvalue weighted by Crippen LogP contribution is -2.25. The molecule has 19 heavy (non-hydrogen) atoms. The van der Waals surface area contributed by atoms with Crippen LogP contribution in [0.1, 0.15) is 48.3 Å². The zero-order valence-electron chi connectivity index (χ0n) is 11.7. The van der Waals surface area contributed by atoms with Gasteiger partial charge in [-0.05, 0) is 62.0 Å². The maximum absolute atomic E-state index is 12.4. The van der Waals surface area contributed by atoms with Crippen LogP contribution in [0, 0.1) is 31.6 Å². The van der Waals surface area contributed by atoms with Gasteiger partial charge in [-0.25, -0.2) is 0 Å². The first-order chi connectivity index (χ1) is 9.13. The van der Waals surface area contributed by atoms with Crippen molar-refractivity contribution in [1.82, 2.24) is 0 Å². The molecule has 1 aromatic carbocycles. The Bertz CT molecular complexity index is 563. The standard InChI is InChI=1S/C17H21NO/c1-9-5-10(2)16-14(6-9)15(17(19)18-16)13-8-11-3-4-12(13)7-11/h5-6,11-13,15H,3-4,7-8H2,1-2H3,(H,18,19). The van der Waals surface area contributed by atoms with E-state index in [9.17, 15) is 4.79 Å². The second-order valence-corrected chi connectivity index (χ2v) is 6.85. The molecule has 0 radical (unpaired) electrons. The zero-order chi connectivity index (χ0) is 13.1. The first-order valence-electron chi connectivity index (χ1n) is 7.55. The molecule has 1 N–H and O–H groups in total. The third-order valence-electron chi connectivity index (χ3n) is 5.60. The molecule has 4 unspecified atom stereocenters. The molecule has 0 aromatic heterocycles. The Morgan fingerprint density at radius 2 is 2.00 bits per heavy atom. The summed E-state index contributed by atoms with van der Waals surface area (Å²) in [5.41, 5.74) is 4.87. The average Bonchev–Trinajstić information content (AvgIpc) is 3.02. The van der Waals surface area contributed by atoms with Crippen molar-refractivity contribution in [3.05, 3.63) is 28.8 Å². The highest BCUT2D eigenvalue weighted by Crippen LogP contribution is 2.55. The summed E-state index contributed by atoms with van der Waals surface area (Å²) in [7, 11) is 0. The number of benzene rings is 1. The molecule has 1 amide bonds. The van der Waals surface area contributed by atoms with E-state index >= 15 is 0 Å². The van der Waals surface area contributed by atoms with E-state index in [1.165, 1.54) is 42.4 Å². The van der Waals surface area contributed by atoms with Gasteiger partial charge < -0.3 is 5.32 Å². The van der Waals surface area contributed by atoms with Crippen LogP contribution >= 0.6 is 0 Å². The predicted molar refractivity (Wildman–Crippen MR) is 76.2 cm³/mol. The molecule has 1 aliphatic heterocycles. The number of rotatable bonds is 1. The second-order valence-electron chi connectivity index (χ2n) is 6.85. The van der Waals surface area contributed by atoms with Crippen molar-refractivity contribution in [1.29, 1.82) is 0 Å². The number of fused-ring (bicyclic) bond motifs is 3. The minimum Gasteiger partial charge on any atom is -0.325 e. The van der Waals surface area contributed by atoms with Gasteiger partial charge in [0.2, 0.25) is 5.91 Å². The number of nitrogens with one attached hydrogen (secondary N) is 1. The fraction of sp³-hybridized carbons (Fsp3) is 0.588. The summed E-state index contributed by atoms with van der Waals surface area (Å²) >= 11 is 0. The molecule has 0 saturated heterocycles.